The van der Waals surface area contributed by atoms with Gasteiger partial charge in [-0.3, -0.25) is 9.59 Å². The first-order valence-electron chi connectivity index (χ1n) is 12.1. The minimum Gasteiger partial charge on any atom is -0.490 e. The highest BCUT2D eigenvalue weighted by Gasteiger charge is 2.42. The number of amides is 2. The molecular weight excluding hydrogens is 452 g/mol. The molecule has 0 unspecified atom stereocenters. The number of nitrogens with zero attached hydrogens (tertiary/aromatic N) is 2. The maximum atomic E-state index is 13.2. The van der Waals surface area contributed by atoms with Crippen LogP contribution in [0.2, 0.25) is 5.02 Å². The Morgan fingerprint density at radius 3 is 2.50 bits per heavy atom. The summed E-state index contributed by atoms with van der Waals surface area (Å²) in [5.41, 5.74) is 0.996. The van der Waals surface area contributed by atoms with E-state index in [0.717, 1.165) is 43.5 Å². The first kappa shape index (κ1) is 24.6. The van der Waals surface area contributed by atoms with Crippen LogP contribution in [-0.2, 0) is 20.7 Å². The molecule has 0 aliphatic carbocycles. The van der Waals surface area contributed by atoms with Crippen LogP contribution in [0.3, 0.4) is 0 Å². The van der Waals surface area contributed by atoms with Gasteiger partial charge in [-0.05, 0) is 55.5 Å². The zero-order chi connectivity index (χ0) is 24.0. The summed E-state index contributed by atoms with van der Waals surface area (Å²) < 4.78 is 12.4. The maximum absolute atomic E-state index is 13.2. The predicted molar refractivity (Wildman–Crippen MR) is 132 cm³/mol. The van der Waals surface area contributed by atoms with Crippen molar-refractivity contribution in [1.29, 1.82) is 0 Å². The molecule has 2 aromatic rings. The van der Waals surface area contributed by atoms with Crippen LogP contribution >= 0.6 is 11.6 Å². The monoisotopic (exact) mass is 484 g/mol. The lowest BCUT2D eigenvalue weighted by Gasteiger charge is -2.43. The number of piperidine rings is 1. The largest absolute Gasteiger partial charge is 0.490 e. The molecule has 2 heterocycles. The van der Waals surface area contributed by atoms with Gasteiger partial charge in [0.1, 0.15) is 18.0 Å². The quantitative estimate of drug-likeness (QED) is 0.589. The number of benzene rings is 2. The topological polar surface area (TPSA) is 59.1 Å². The summed E-state index contributed by atoms with van der Waals surface area (Å²) in [6, 6.07) is 15.2. The first-order chi connectivity index (χ1) is 16.4. The van der Waals surface area contributed by atoms with Crippen molar-refractivity contribution in [2.45, 2.75) is 44.6 Å². The summed E-state index contributed by atoms with van der Waals surface area (Å²) >= 11 is 6.16. The van der Waals surface area contributed by atoms with E-state index in [1.807, 2.05) is 59.2 Å². The number of ether oxygens (including phenoxy) is 2. The fraction of sp³-hybridized carbons (Fsp3) is 0.481. The van der Waals surface area contributed by atoms with Crippen LogP contribution in [0.25, 0.3) is 0 Å². The van der Waals surface area contributed by atoms with E-state index in [2.05, 4.69) is 0 Å². The van der Waals surface area contributed by atoms with E-state index >= 15 is 0 Å². The molecular formula is C27H33ClN2O4. The fourth-order valence-corrected chi connectivity index (χ4v) is 4.76. The first-order valence-corrected chi connectivity index (χ1v) is 12.4. The Morgan fingerprint density at radius 2 is 1.76 bits per heavy atom. The predicted octanol–water partition coefficient (Wildman–Crippen LogP) is 4.27. The van der Waals surface area contributed by atoms with Gasteiger partial charge in [0.15, 0.2) is 0 Å². The molecule has 0 saturated carbocycles. The standard InChI is InChI=1S/C27H33ClN2O4/c1-21-16-23(10-11-24(21)28)33-20-27(18-26(32)29-12-6-3-7-13-29)19-30(14-15-34-27)25(31)17-22-8-4-2-5-9-22/h2,4-5,8-11,16H,3,6-7,12-15,17-20H2,1H3/t27-/m0/s1. The van der Waals surface area contributed by atoms with Crippen molar-refractivity contribution in [1.82, 2.24) is 9.80 Å². The SMILES string of the molecule is Cc1cc(OC[C@]2(CC(=O)N3CCCCC3)CN(C(=O)Cc3ccccc3)CCO2)ccc1Cl. The summed E-state index contributed by atoms with van der Waals surface area (Å²) in [4.78, 5) is 30.1. The van der Waals surface area contributed by atoms with Gasteiger partial charge in [-0.1, -0.05) is 41.9 Å². The van der Waals surface area contributed by atoms with E-state index in [0.29, 0.717) is 36.9 Å². The zero-order valence-corrected chi connectivity index (χ0v) is 20.6. The van der Waals surface area contributed by atoms with E-state index < -0.39 is 5.60 Å². The van der Waals surface area contributed by atoms with E-state index in [-0.39, 0.29) is 24.8 Å². The van der Waals surface area contributed by atoms with Crippen molar-refractivity contribution >= 4 is 23.4 Å². The number of carbonyl (C=O) groups excluding carboxylic acids is 2. The summed E-state index contributed by atoms with van der Waals surface area (Å²) in [6.07, 6.45) is 3.73. The molecule has 4 rings (SSSR count). The molecule has 0 bridgehead atoms. The maximum Gasteiger partial charge on any atom is 0.227 e. The van der Waals surface area contributed by atoms with Gasteiger partial charge in [-0.15, -0.1) is 0 Å². The lowest BCUT2D eigenvalue weighted by atomic mass is 9.95. The van der Waals surface area contributed by atoms with E-state index in [1.54, 1.807) is 6.07 Å². The average molecular weight is 485 g/mol. The third kappa shape index (κ3) is 6.30. The minimum absolute atomic E-state index is 0.0339. The number of halogens is 1. The Balaban J connectivity index is 1.49. The number of aryl methyl sites for hydroxylation is 1. The van der Waals surface area contributed by atoms with Crippen molar-refractivity contribution in [3.8, 4) is 5.75 Å². The van der Waals surface area contributed by atoms with Gasteiger partial charge in [-0.25, -0.2) is 0 Å². The molecule has 7 heteroatoms. The molecule has 0 N–H and O–H groups in total. The number of carbonyl (C=O) groups is 2. The molecule has 0 spiro atoms. The van der Waals surface area contributed by atoms with Crippen LogP contribution in [0, 0.1) is 6.92 Å². The minimum atomic E-state index is -0.896. The van der Waals surface area contributed by atoms with E-state index in [9.17, 15) is 9.59 Å². The van der Waals surface area contributed by atoms with Gasteiger partial charge < -0.3 is 19.3 Å². The van der Waals surface area contributed by atoms with Gasteiger partial charge >= 0.3 is 0 Å². The molecule has 34 heavy (non-hydrogen) atoms. The summed E-state index contributed by atoms with van der Waals surface area (Å²) in [5.74, 6) is 0.766. The lowest BCUT2D eigenvalue weighted by Crippen LogP contribution is -2.58. The number of rotatable bonds is 7. The Bertz CT molecular complexity index is 993. The van der Waals surface area contributed by atoms with Gasteiger partial charge in [0.25, 0.3) is 0 Å². The van der Waals surface area contributed by atoms with Crippen molar-refractivity contribution in [3.05, 3.63) is 64.7 Å². The van der Waals surface area contributed by atoms with Gasteiger partial charge in [0.2, 0.25) is 11.8 Å². The molecule has 2 fully saturated rings. The third-order valence-corrected chi connectivity index (χ3v) is 7.04. The van der Waals surface area contributed by atoms with Gasteiger partial charge in [-0.2, -0.15) is 0 Å². The Kier molecular flexibility index (Phi) is 8.11. The molecule has 182 valence electrons. The van der Waals surface area contributed by atoms with Crippen LogP contribution < -0.4 is 4.74 Å². The van der Waals surface area contributed by atoms with Crippen molar-refractivity contribution < 1.29 is 19.1 Å². The van der Waals surface area contributed by atoms with Crippen molar-refractivity contribution in [3.63, 3.8) is 0 Å². The molecule has 6 nitrogen and oxygen atoms in total. The second-order valence-corrected chi connectivity index (χ2v) is 9.73. The van der Waals surface area contributed by atoms with Gasteiger partial charge in [0.05, 0.1) is 26.0 Å². The molecule has 2 amide bonds. The van der Waals surface area contributed by atoms with Crippen LogP contribution in [0.1, 0.15) is 36.8 Å². The second-order valence-electron chi connectivity index (χ2n) is 9.33. The summed E-state index contributed by atoms with van der Waals surface area (Å²) in [5, 5.41) is 0.675. The van der Waals surface area contributed by atoms with Gasteiger partial charge in [0, 0.05) is 24.7 Å². The Labute approximate surface area is 206 Å². The van der Waals surface area contributed by atoms with Crippen LogP contribution in [-0.4, -0.2) is 66.6 Å². The smallest absolute Gasteiger partial charge is 0.227 e. The number of morpholine rings is 1. The van der Waals surface area contributed by atoms with E-state index in [4.69, 9.17) is 21.1 Å². The fourth-order valence-electron chi connectivity index (χ4n) is 4.64. The Morgan fingerprint density at radius 1 is 1.00 bits per heavy atom. The number of hydrogen-bond acceptors (Lipinski definition) is 4. The third-order valence-electron chi connectivity index (χ3n) is 6.61. The Hall–Kier alpha value is -2.57. The highest BCUT2D eigenvalue weighted by Crippen LogP contribution is 2.28. The summed E-state index contributed by atoms with van der Waals surface area (Å²) in [6.45, 7) is 4.87. The van der Waals surface area contributed by atoms with Crippen LogP contribution in [0.15, 0.2) is 48.5 Å². The molecule has 1 atom stereocenters. The highest BCUT2D eigenvalue weighted by atomic mass is 35.5. The molecule has 0 aromatic heterocycles. The van der Waals surface area contributed by atoms with Crippen LogP contribution in [0.4, 0.5) is 0 Å². The highest BCUT2D eigenvalue weighted by molar-refractivity contribution is 6.31. The van der Waals surface area contributed by atoms with E-state index in [1.165, 1.54) is 0 Å². The number of likely N-dealkylation sites (tertiary alicyclic amines) is 1. The summed E-state index contributed by atoms with van der Waals surface area (Å²) in [7, 11) is 0. The molecule has 2 aromatic carbocycles. The zero-order valence-electron chi connectivity index (χ0n) is 19.8. The second kappa shape index (κ2) is 11.2. The van der Waals surface area contributed by atoms with Crippen molar-refractivity contribution in [2.75, 3.05) is 39.4 Å². The molecule has 2 aliphatic heterocycles. The molecule has 2 saturated heterocycles. The lowest BCUT2D eigenvalue weighted by molar-refractivity contribution is -0.166. The molecule has 0 radical (unpaired) electrons. The average Bonchev–Trinajstić information content (AvgIpc) is 2.86. The number of hydrogen-bond donors (Lipinski definition) is 0. The van der Waals surface area contributed by atoms with Crippen molar-refractivity contribution in [2.24, 2.45) is 0 Å². The van der Waals surface area contributed by atoms with Crippen LogP contribution in [0.5, 0.6) is 5.75 Å². The normalized spacial score (nSPS) is 20.8. The molecule has 2 aliphatic rings.